The lowest BCUT2D eigenvalue weighted by atomic mass is 9.74. The molecule has 7 heteroatoms. The molecule has 1 saturated carbocycles. The number of nitrogens with one attached hydrogen (secondary N) is 1. The second-order valence-corrected chi connectivity index (χ2v) is 6.41. The summed E-state index contributed by atoms with van der Waals surface area (Å²) in [5.41, 5.74) is 5.96. The Morgan fingerprint density at radius 1 is 1.43 bits per heavy atom. The summed E-state index contributed by atoms with van der Waals surface area (Å²) >= 11 is 0. The molecular formula is C14H20F2N4O. The molecule has 3 rings (SSSR count). The summed E-state index contributed by atoms with van der Waals surface area (Å²) in [6.07, 6.45) is 2.41. The van der Waals surface area contributed by atoms with E-state index in [0.717, 1.165) is 0 Å². The van der Waals surface area contributed by atoms with Crippen LogP contribution in [0.1, 0.15) is 31.4 Å². The third kappa shape index (κ3) is 2.54. The first-order chi connectivity index (χ1) is 9.81. The van der Waals surface area contributed by atoms with Crippen LogP contribution in [0.4, 0.5) is 14.6 Å². The van der Waals surface area contributed by atoms with E-state index in [1.165, 1.54) is 0 Å². The predicted octanol–water partition coefficient (Wildman–Crippen LogP) is 1.42. The molecular weight excluding hydrogens is 278 g/mol. The fourth-order valence-corrected chi connectivity index (χ4v) is 3.68. The molecule has 1 aliphatic carbocycles. The summed E-state index contributed by atoms with van der Waals surface area (Å²) in [5.74, 6) is -2.28. The van der Waals surface area contributed by atoms with Crippen LogP contribution in [0.2, 0.25) is 0 Å². The Balaban J connectivity index is 1.75. The van der Waals surface area contributed by atoms with Gasteiger partial charge in [0.15, 0.2) is 5.82 Å². The van der Waals surface area contributed by atoms with Gasteiger partial charge in [-0.15, -0.1) is 0 Å². The fraction of sp³-hybridized carbons (Fsp3) is 0.714. The van der Waals surface area contributed by atoms with Crippen molar-refractivity contribution >= 4 is 5.82 Å². The molecule has 0 unspecified atom stereocenters. The molecule has 21 heavy (non-hydrogen) atoms. The van der Waals surface area contributed by atoms with Gasteiger partial charge >= 0.3 is 0 Å². The SMILES string of the molecule is Cc1cnc(N2CCC3(CC2)CC(F)(F)C[C@H]3N)c(=O)[nH]1. The molecule has 0 radical (unpaired) electrons. The van der Waals surface area contributed by atoms with Crippen molar-refractivity contribution in [2.24, 2.45) is 11.1 Å². The number of H-pyrrole nitrogens is 1. The van der Waals surface area contributed by atoms with Gasteiger partial charge in [0.2, 0.25) is 5.92 Å². The highest BCUT2D eigenvalue weighted by molar-refractivity contribution is 5.37. The molecule has 1 aromatic rings. The van der Waals surface area contributed by atoms with E-state index in [9.17, 15) is 13.6 Å². The molecule has 1 saturated heterocycles. The molecule has 2 heterocycles. The molecule has 3 N–H and O–H groups in total. The summed E-state index contributed by atoms with van der Waals surface area (Å²) in [6, 6.07) is -0.459. The van der Waals surface area contributed by atoms with Crippen LogP contribution in [0.3, 0.4) is 0 Å². The van der Waals surface area contributed by atoms with E-state index < -0.39 is 17.4 Å². The molecule has 1 aliphatic heterocycles. The summed E-state index contributed by atoms with van der Waals surface area (Å²) in [7, 11) is 0. The smallest absolute Gasteiger partial charge is 0.291 e. The van der Waals surface area contributed by atoms with Crippen molar-refractivity contribution in [3.8, 4) is 0 Å². The number of nitrogens with two attached hydrogens (primary N) is 1. The predicted molar refractivity (Wildman–Crippen MR) is 75.6 cm³/mol. The highest BCUT2D eigenvalue weighted by atomic mass is 19.3. The van der Waals surface area contributed by atoms with Crippen LogP contribution in [-0.2, 0) is 0 Å². The van der Waals surface area contributed by atoms with Crippen molar-refractivity contribution in [2.45, 2.75) is 44.6 Å². The molecule has 0 aromatic carbocycles. The normalized spacial score (nSPS) is 27.2. The van der Waals surface area contributed by atoms with E-state index in [1.807, 2.05) is 4.90 Å². The zero-order valence-corrected chi connectivity index (χ0v) is 12.0. The minimum absolute atomic E-state index is 0.132. The average Bonchev–Trinajstić information content (AvgIpc) is 2.60. The fourth-order valence-electron chi connectivity index (χ4n) is 3.68. The summed E-state index contributed by atoms with van der Waals surface area (Å²) < 4.78 is 27.2. The van der Waals surface area contributed by atoms with Crippen molar-refractivity contribution in [1.29, 1.82) is 0 Å². The third-order valence-corrected chi connectivity index (χ3v) is 4.87. The Kier molecular flexibility index (Phi) is 3.27. The highest BCUT2D eigenvalue weighted by Gasteiger charge is 2.55. The molecule has 5 nitrogen and oxygen atoms in total. The van der Waals surface area contributed by atoms with Gasteiger partial charge in [0, 0.05) is 43.9 Å². The summed E-state index contributed by atoms with van der Waals surface area (Å²) in [4.78, 5) is 20.7. The molecule has 1 spiro atoms. The lowest BCUT2D eigenvalue weighted by Gasteiger charge is -2.41. The Bertz CT molecular complexity index is 593. The summed E-state index contributed by atoms with van der Waals surface area (Å²) in [5, 5.41) is 0. The Morgan fingerprint density at radius 2 is 2.10 bits per heavy atom. The van der Waals surface area contributed by atoms with Crippen LogP contribution in [-0.4, -0.2) is 35.0 Å². The highest BCUT2D eigenvalue weighted by Crippen LogP contribution is 2.52. The number of alkyl halides is 2. The maximum absolute atomic E-state index is 13.6. The van der Waals surface area contributed by atoms with Gasteiger partial charge in [-0.1, -0.05) is 0 Å². The van der Waals surface area contributed by atoms with Crippen LogP contribution in [0, 0.1) is 12.3 Å². The minimum Gasteiger partial charge on any atom is -0.352 e. The van der Waals surface area contributed by atoms with Crippen LogP contribution in [0.25, 0.3) is 0 Å². The molecule has 116 valence electrons. The van der Waals surface area contributed by atoms with E-state index in [4.69, 9.17) is 5.73 Å². The van der Waals surface area contributed by atoms with Gasteiger partial charge in [-0.3, -0.25) is 4.79 Å². The molecule has 1 aromatic heterocycles. The summed E-state index contributed by atoms with van der Waals surface area (Å²) in [6.45, 7) is 2.86. The van der Waals surface area contributed by atoms with Crippen LogP contribution < -0.4 is 16.2 Å². The third-order valence-electron chi connectivity index (χ3n) is 4.87. The van der Waals surface area contributed by atoms with Crippen LogP contribution in [0.5, 0.6) is 0 Å². The maximum Gasteiger partial charge on any atom is 0.291 e. The standard InChI is InChI=1S/C14H20F2N4O/c1-9-7-18-11(12(21)19-9)20-4-2-13(3-5-20)8-14(15,16)6-10(13)17/h7,10H,2-6,8,17H2,1H3,(H,19,21)/t10-/m1/s1. The van der Waals surface area contributed by atoms with Crippen molar-refractivity contribution < 1.29 is 8.78 Å². The van der Waals surface area contributed by atoms with Crippen molar-refractivity contribution in [3.05, 3.63) is 22.2 Å². The molecule has 2 fully saturated rings. The number of anilines is 1. The molecule has 1 atom stereocenters. The number of hydrogen-bond donors (Lipinski definition) is 2. The zero-order chi connectivity index (χ0) is 15.3. The van der Waals surface area contributed by atoms with E-state index in [-0.39, 0.29) is 18.4 Å². The van der Waals surface area contributed by atoms with Crippen molar-refractivity contribution in [1.82, 2.24) is 9.97 Å². The van der Waals surface area contributed by atoms with E-state index in [0.29, 0.717) is 37.4 Å². The number of piperidine rings is 1. The zero-order valence-electron chi connectivity index (χ0n) is 12.0. The number of aromatic amines is 1. The van der Waals surface area contributed by atoms with Crippen LogP contribution >= 0.6 is 0 Å². The quantitative estimate of drug-likeness (QED) is 0.822. The monoisotopic (exact) mass is 298 g/mol. The first-order valence-electron chi connectivity index (χ1n) is 7.26. The topological polar surface area (TPSA) is 75.0 Å². The van der Waals surface area contributed by atoms with Crippen molar-refractivity contribution in [2.75, 3.05) is 18.0 Å². The lowest BCUT2D eigenvalue weighted by molar-refractivity contribution is -0.00684. The average molecular weight is 298 g/mol. The van der Waals surface area contributed by atoms with Gasteiger partial charge in [-0.05, 0) is 25.2 Å². The molecule has 0 bridgehead atoms. The van der Waals surface area contributed by atoms with Gasteiger partial charge in [0.05, 0.1) is 0 Å². The molecule has 0 amide bonds. The second kappa shape index (κ2) is 4.76. The van der Waals surface area contributed by atoms with E-state index in [1.54, 1.807) is 13.1 Å². The van der Waals surface area contributed by atoms with Gasteiger partial charge in [0.1, 0.15) is 0 Å². The van der Waals surface area contributed by atoms with E-state index in [2.05, 4.69) is 9.97 Å². The Labute approximate surface area is 121 Å². The number of halogens is 2. The van der Waals surface area contributed by atoms with Gasteiger partial charge in [0.25, 0.3) is 5.56 Å². The minimum atomic E-state index is -2.65. The maximum atomic E-state index is 13.6. The number of nitrogens with zero attached hydrogens (tertiary/aromatic N) is 2. The number of hydrogen-bond acceptors (Lipinski definition) is 4. The van der Waals surface area contributed by atoms with Gasteiger partial charge < -0.3 is 15.6 Å². The van der Waals surface area contributed by atoms with Gasteiger partial charge in [-0.2, -0.15) is 0 Å². The first kappa shape index (κ1) is 14.4. The number of aryl methyl sites for hydroxylation is 1. The Morgan fingerprint density at radius 3 is 2.62 bits per heavy atom. The largest absolute Gasteiger partial charge is 0.352 e. The lowest BCUT2D eigenvalue weighted by Crippen LogP contribution is -2.48. The Hall–Kier alpha value is -1.50. The first-order valence-corrected chi connectivity index (χ1v) is 7.26. The number of rotatable bonds is 1. The van der Waals surface area contributed by atoms with E-state index >= 15 is 0 Å². The molecule has 2 aliphatic rings. The number of aromatic nitrogens is 2. The van der Waals surface area contributed by atoms with Gasteiger partial charge in [-0.25, -0.2) is 13.8 Å². The van der Waals surface area contributed by atoms with Crippen molar-refractivity contribution in [3.63, 3.8) is 0 Å². The van der Waals surface area contributed by atoms with Crippen LogP contribution in [0.15, 0.2) is 11.0 Å². The second-order valence-electron chi connectivity index (χ2n) is 6.41.